The van der Waals surface area contributed by atoms with E-state index in [0.29, 0.717) is 6.04 Å². The largest absolute Gasteiger partial charge is 0.312 e. The van der Waals surface area contributed by atoms with Crippen LogP contribution < -0.4 is 5.32 Å². The Balaban J connectivity index is 2.18. The molecule has 60 valence electrons. The van der Waals surface area contributed by atoms with Crippen LogP contribution in [-0.2, 0) is 0 Å². The fourth-order valence-corrected chi connectivity index (χ4v) is 1.53. The van der Waals surface area contributed by atoms with Crippen molar-refractivity contribution in [3.63, 3.8) is 0 Å². The van der Waals surface area contributed by atoms with Crippen LogP contribution in [0.4, 0.5) is 0 Å². The smallest absolute Gasteiger partial charge is 0.0167 e. The Morgan fingerprint density at radius 3 is 3.00 bits per heavy atom. The molecule has 10 heavy (non-hydrogen) atoms. The van der Waals surface area contributed by atoms with Gasteiger partial charge in [-0.25, -0.2) is 0 Å². The quantitative estimate of drug-likeness (QED) is 0.610. The van der Waals surface area contributed by atoms with Gasteiger partial charge in [0.2, 0.25) is 0 Å². The molecular formula is C8H18N2. The maximum Gasteiger partial charge on any atom is 0.0167 e. The van der Waals surface area contributed by atoms with Crippen LogP contribution in [0, 0.1) is 0 Å². The lowest BCUT2D eigenvalue weighted by molar-refractivity contribution is 0.207. The maximum atomic E-state index is 3.43. The molecule has 0 spiro atoms. The molecule has 0 unspecified atom stereocenters. The summed E-state index contributed by atoms with van der Waals surface area (Å²) in [5.74, 6) is 0. The minimum absolute atomic E-state index is 0.695. The second-order valence-electron chi connectivity index (χ2n) is 3.16. The summed E-state index contributed by atoms with van der Waals surface area (Å²) >= 11 is 0. The number of nitrogens with one attached hydrogen (secondary N) is 1. The van der Waals surface area contributed by atoms with E-state index < -0.39 is 0 Å². The van der Waals surface area contributed by atoms with Gasteiger partial charge >= 0.3 is 0 Å². The maximum absolute atomic E-state index is 3.43. The van der Waals surface area contributed by atoms with Gasteiger partial charge in [0.25, 0.3) is 0 Å². The molecule has 0 aliphatic carbocycles. The lowest BCUT2D eigenvalue weighted by atomic mass is 10.2. The van der Waals surface area contributed by atoms with E-state index in [1.807, 2.05) is 0 Å². The molecular weight excluding hydrogens is 124 g/mol. The molecule has 0 aromatic heterocycles. The fraction of sp³-hybridized carbons (Fsp3) is 1.00. The van der Waals surface area contributed by atoms with Crippen LogP contribution in [0.25, 0.3) is 0 Å². The molecule has 0 aromatic rings. The second-order valence-corrected chi connectivity index (χ2v) is 3.16. The first-order valence-corrected chi connectivity index (χ1v) is 4.28. The molecule has 0 bridgehead atoms. The Bertz CT molecular complexity index is 91.3. The van der Waals surface area contributed by atoms with E-state index in [9.17, 15) is 0 Å². The van der Waals surface area contributed by atoms with Gasteiger partial charge in [-0.05, 0) is 19.9 Å². The number of hydrogen-bond acceptors (Lipinski definition) is 2. The van der Waals surface area contributed by atoms with Crippen LogP contribution in [0.1, 0.15) is 20.3 Å². The van der Waals surface area contributed by atoms with Gasteiger partial charge < -0.3 is 10.2 Å². The number of hydrogen-bond donors (Lipinski definition) is 1. The number of piperazine rings is 1. The average Bonchev–Trinajstić information content (AvgIpc) is 1.88. The SMILES string of the molecule is CCCN1CCN[C@@H](C)C1. The summed E-state index contributed by atoms with van der Waals surface area (Å²) < 4.78 is 0. The first kappa shape index (κ1) is 8.02. The third kappa shape index (κ3) is 2.27. The van der Waals surface area contributed by atoms with E-state index in [4.69, 9.17) is 0 Å². The standard InChI is InChI=1S/C8H18N2/c1-3-5-10-6-4-9-8(2)7-10/h8-9H,3-7H2,1-2H3/t8-/m0/s1. The van der Waals surface area contributed by atoms with Crippen molar-refractivity contribution < 1.29 is 0 Å². The highest BCUT2D eigenvalue weighted by Gasteiger charge is 2.13. The monoisotopic (exact) mass is 142 g/mol. The Hall–Kier alpha value is -0.0800. The highest BCUT2D eigenvalue weighted by Crippen LogP contribution is 1.98. The zero-order valence-electron chi connectivity index (χ0n) is 7.06. The number of rotatable bonds is 2. The molecule has 1 heterocycles. The van der Waals surface area contributed by atoms with Gasteiger partial charge in [0.15, 0.2) is 0 Å². The molecule has 0 radical (unpaired) electrons. The van der Waals surface area contributed by atoms with Crippen LogP contribution in [0.2, 0.25) is 0 Å². The third-order valence-electron chi connectivity index (χ3n) is 1.99. The average molecular weight is 142 g/mol. The Morgan fingerprint density at radius 2 is 2.40 bits per heavy atom. The molecule has 1 fully saturated rings. The molecule has 1 aliphatic heterocycles. The Labute approximate surface area is 63.6 Å². The first-order valence-electron chi connectivity index (χ1n) is 4.28. The van der Waals surface area contributed by atoms with Crippen molar-refractivity contribution in [2.45, 2.75) is 26.3 Å². The van der Waals surface area contributed by atoms with Crippen molar-refractivity contribution in [2.75, 3.05) is 26.2 Å². The fourth-order valence-electron chi connectivity index (χ4n) is 1.53. The Morgan fingerprint density at radius 1 is 1.60 bits per heavy atom. The van der Waals surface area contributed by atoms with E-state index in [0.717, 1.165) is 0 Å². The molecule has 2 nitrogen and oxygen atoms in total. The van der Waals surface area contributed by atoms with E-state index in [-0.39, 0.29) is 0 Å². The van der Waals surface area contributed by atoms with Crippen molar-refractivity contribution in [1.29, 1.82) is 0 Å². The summed E-state index contributed by atoms with van der Waals surface area (Å²) in [6.07, 6.45) is 1.28. The lowest BCUT2D eigenvalue weighted by Gasteiger charge is -2.31. The van der Waals surface area contributed by atoms with Crippen LogP contribution >= 0.6 is 0 Å². The van der Waals surface area contributed by atoms with Crippen molar-refractivity contribution in [1.82, 2.24) is 10.2 Å². The van der Waals surface area contributed by atoms with Crippen molar-refractivity contribution in [3.8, 4) is 0 Å². The molecule has 0 aromatic carbocycles. The molecule has 1 N–H and O–H groups in total. The van der Waals surface area contributed by atoms with Crippen molar-refractivity contribution >= 4 is 0 Å². The van der Waals surface area contributed by atoms with Gasteiger partial charge in [-0.2, -0.15) is 0 Å². The molecule has 1 saturated heterocycles. The van der Waals surface area contributed by atoms with E-state index in [1.165, 1.54) is 32.6 Å². The molecule has 0 amide bonds. The third-order valence-corrected chi connectivity index (χ3v) is 1.99. The van der Waals surface area contributed by atoms with Crippen LogP contribution in [0.15, 0.2) is 0 Å². The predicted octanol–water partition coefficient (Wildman–Crippen LogP) is 0.690. The summed E-state index contributed by atoms with van der Waals surface area (Å²) in [4.78, 5) is 2.53. The van der Waals surface area contributed by atoms with Gasteiger partial charge in [-0.3, -0.25) is 0 Å². The zero-order chi connectivity index (χ0) is 7.40. The van der Waals surface area contributed by atoms with Gasteiger partial charge in [-0.1, -0.05) is 6.92 Å². The molecule has 1 atom stereocenters. The summed E-state index contributed by atoms with van der Waals surface area (Å²) in [6.45, 7) is 9.40. The normalized spacial score (nSPS) is 28.8. The van der Waals surface area contributed by atoms with E-state index in [1.54, 1.807) is 0 Å². The molecule has 1 aliphatic rings. The number of nitrogens with zero attached hydrogens (tertiary/aromatic N) is 1. The summed E-state index contributed by atoms with van der Waals surface area (Å²) in [6, 6.07) is 0.695. The second kappa shape index (κ2) is 3.94. The van der Waals surface area contributed by atoms with Gasteiger partial charge in [-0.15, -0.1) is 0 Å². The minimum Gasteiger partial charge on any atom is -0.312 e. The topological polar surface area (TPSA) is 15.3 Å². The summed E-state index contributed by atoms with van der Waals surface area (Å²) in [5.41, 5.74) is 0. The highest BCUT2D eigenvalue weighted by molar-refractivity contribution is 4.73. The summed E-state index contributed by atoms with van der Waals surface area (Å²) in [7, 11) is 0. The predicted molar refractivity (Wildman–Crippen MR) is 44.2 cm³/mol. The minimum atomic E-state index is 0.695. The molecule has 0 saturated carbocycles. The highest BCUT2D eigenvalue weighted by atomic mass is 15.2. The van der Waals surface area contributed by atoms with Crippen molar-refractivity contribution in [3.05, 3.63) is 0 Å². The van der Waals surface area contributed by atoms with Crippen molar-refractivity contribution in [2.24, 2.45) is 0 Å². The first-order chi connectivity index (χ1) is 4.83. The van der Waals surface area contributed by atoms with Crippen LogP contribution in [0.5, 0.6) is 0 Å². The van der Waals surface area contributed by atoms with Gasteiger partial charge in [0.05, 0.1) is 0 Å². The van der Waals surface area contributed by atoms with Gasteiger partial charge in [0.1, 0.15) is 0 Å². The summed E-state index contributed by atoms with van der Waals surface area (Å²) in [5, 5.41) is 3.43. The Kier molecular flexibility index (Phi) is 3.16. The molecule has 2 heteroatoms. The van der Waals surface area contributed by atoms with Gasteiger partial charge in [0, 0.05) is 25.7 Å². The lowest BCUT2D eigenvalue weighted by Crippen LogP contribution is -2.49. The van der Waals surface area contributed by atoms with Crippen LogP contribution in [0.3, 0.4) is 0 Å². The van der Waals surface area contributed by atoms with E-state index in [2.05, 4.69) is 24.1 Å². The van der Waals surface area contributed by atoms with E-state index >= 15 is 0 Å². The molecule has 1 rings (SSSR count). The zero-order valence-corrected chi connectivity index (χ0v) is 7.06. The van der Waals surface area contributed by atoms with Crippen LogP contribution in [-0.4, -0.2) is 37.1 Å².